The highest BCUT2D eigenvalue weighted by Gasteiger charge is 2.17. The molecular weight excluding hydrogens is 230 g/mol. The van der Waals surface area contributed by atoms with Gasteiger partial charge in [0.05, 0.1) is 10.2 Å². The molecule has 76 valence electrons. The van der Waals surface area contributed by atoms with E-state index in [9.17, 15) is 8.42 Å². The van der Waals surface area contributed by atoms with Gasteiger partial charge in [-0.05, 0) is 12.1 Å². The van der Waals surface area contributed by atoms with Crippen LogP contribution in [0, 0.1) is 12.3 Å². The fraction of sp³-hybridized carbons (Fsp3) is 0.100. The van der Waals surface area contributed by atoms with Gasteiger partial charge in [-0.1, -0.05) is 18.1 Å². The van der Waals surface area contributed by atoms with Crippen LogP contribution in [0.25, 0.3) is 10.2 Å². The summed E-state index contributed by atoms with van der Waals surface area (Å²) in [6.45, 7) is 0. The Labute approximate surface area is 91.7 Å². The van der Waals surface area contributed by atoms with Crippen LogP contribution in [-0.4, -0.2) is 19.2 Å². The fourth-order valence-corrected chi connectivity index (χ4v) is 3.39. The minimum absolute atomic E-state index is 0.0988. The van der Waals surface area contributed by atoms with Gasteiger partial charge in [0.25, 0.3) is 0 Å². The number of nitrogens with zero attached hydrogens (tertiary/aromatic N) is 1. The monoisotopic (exact) mass is 237 g/mol. The first-order valence-electron chi connectivity index (χ1n) is 4.15. The van der Waals surface area contributed by atoms with E-state index in [2.05, 4.69) is 10.9 Å². The third kappa shape index (κ3) is 1.87. The van der Waals surface area contributed by atoms with Gasteiger partial charge in [-0.15, -0.1) is 17.8 Å². The van der Waals surface area contributed by atoms with Gasteiger partial charge in [-0.25, -0.2) is 13.4 Å². The van der Waals surface area contributed by atoms with Crippen molar-refractivity contribution in [1.82, 2.24) is 4.98 Å². The number of sulfone groups is 1. The Morgan fingerprint density at radius 1 is 1.40 bits per heavy atom. The van der Waals surface area contributed by atoms with Crippen molar-refractivity contribution in [2.24, 2.45) is 0 Å². The molecule has 0 fully saturated rings. The van der Waals surface area contributed by atoms with Crippen molar-refractivity contribution in [3.05, 3.63) is 24.3 Å². The van der Waals surface area contributed by atoms with Gasteiger partial charge in [0.1, 0.15) is 5.75 Å². The van der Waals surface area contributed by atoms with Crippen LogP contribution in [0.1, 0.15) is 0 Å². The van der Waals surface area contributed by atoms with Crippen LogP contribution in [0.2, 0.25) is 0 Å². The average molecular weight is 237 g/mol. The van der Waals surface area contributed by atoms with Crippen molar-refractivity contribution in [1.29, 1.82) is 0 Å². The van der Waals surface area contributed by atoms with Crippen LogP contribution in [-0.2, 0) is 9.84 Å². The van der Waals surface area contributed by atoms with Crippen LogP contribution >= 0.6 is 11.3 Å². The molecule has 0 aliphatic carbocycles. The SMILES string of the molecule is C#CCS(=O)(=O)c1nc2ccccc2s1. The maximum absolute atomic E-state index is 11.6. The van der Waals surface area contributed by atoms with Crippen molar-refractivity contribution in [3.63, 3.8) is 0 Å². The quantitative estimate of drug-likeness (QED) is 0.747. The lowest BCUT2D eigenvalue weighted by Crippen LogP contribution is -2.03. The van der Waals surface area contributed by atoms with Gasteiger partial charge in [-0.2, -0.15) is 0 Å². The summed E-state index contributed by atoms with van der Waals surface area (Å²) in [5, 5.41) is 0. The van der Waals surface area contributed by atoms with Gasteiger partial charge < -0.3 is 0 Å². The summed E-state index contributed by atoms with van der Waals surface area (Å²) >= 11 is 1.15. The summed E-state index contributed by atoms with van der Waals surface area (Å²) in [5.74, 6) is 1.83. The van der Waals surface area contributed by atoms with Crippen molar-refractivity contribution < 1.29 is 8.42 Å². The van der Waals surface area contributed by atoms with Crippen molar-refractivity contribution in [2.75, 3.05) is 5.75 Å². The summed E-state index contributed by atoms with van der Waals surface area (Å²) < 4.78 is 24.2. The van der Waals surface area contributed by atoms with E-state index in [1.807, 2.05) is 18.2 Å². The summed E-state index contributed by atoms with van der Waals surface area (Å²) in [4.78, 5) is 4.04. The number of aromatic nitrogens is 1. The van der Waals surface area contributed by atoms with E-state index < -0.39 is 9.84 Å². The first-order valence-corrected chi connectivity index (χ1v) is 6.62. The molecule has 1 aromatic heterocycles. The molecule has 0 amide bonds. The molecule has 2 aromatic rings. The van der Waals surface area contributed by atoms with E-state index in [4.69, 9.17) is 6.42 Å². The number of hydrogen-bond acceptors (Lipinski definition) is 4. The van der Waals surface area contributed by atoms with Gasteiger partial charge in [0.2, 0.25) is 14.2 Å². The second-order valence-corrected chi connectivity index (χ2v) is 6.10. The zero-order valence-electron chi connectivity index (χ0n) is 7.67. The van der Waals surface area contributed by atoms with E-state index in [1.54, 1.807) is 6.07 Å². The highest BCUT2D eigenvalue weighted by molar-refractivity contribution is 7.93. The molecule has 1 heterocycles. The summed E-state index contributed by atoms with van der Waals surface area (Å²) in [5.41, 5.74) is 0.693. The van der Waals surface area contributed by atoms with Gasteiger partial charge >= 0.3 is 0 Å². The Morgan fingerprint density at radius 2 is 2.13 bits per heavy atom. The maximum Gasteiger partial charge on any atom is 0.216 e. The minimum Gasteiger partial charge on any atom is -0.225 e. The number of para-hydroxylation sites is 1. The molecule has 0 aliphatic rings. The highest BCUT2D eigenvalue weighted by atomic mass is 32.2. The Balaban J connectivity index is 2.60. The molecule has 0 bridgehead atoms. The average Bonchev–Trinajstić information content (AvgIpc) is 2.61. The van der Waals surface area contributed by atoms with Gasteiger partial charge in [-0.3, -0.25) is 0 Å². The number of benzene rings is 1. The molecule has 2 rings (SSSR count). The van der Waals surface area contributed by atoms with Crippen LogP contribution < -0.4 is 0 Å². The number of rotatable bonds is 2. The molecule has 1 aromatic carbocycles. The van der Waals surface area contributed by atoms with Crippen LogP contribution in [0.3, 0.4) is 0 Å². The highest BCUT2D eigenvalue weighted by Crippen LogP contribution is 2.25. The molecule has 0 aliphatic heterocycles. The third-order valence-electron chi connectivity index (χ3n) is 1.81. The largest absolute Gasteiger partial charge is 0.225 e. The molecule has 0 atom stereocenters. The second kappa shape index (κ2) is 3.65. The Hall–Kier alpha value is -1.38. The number of thiazole rings is 1. The molecule has 0 radical (unpaired) electrons. The predicted molar refractivity (Wildman–Crippen MR) is 60.5 cm³/mol. The molecule has 0 saturated carbocycles. The normalized spacial score (nSPS) is 11.4. The third-order valence-corrected chi connectivity index (χ3v) is 4.83. The van der Waals surface area contributed by atoms with Crippen LogP contribution in [0.5, 0.6) is 0 Å². The number of hydrogen-bond donors (Lipinski definition) is 0. The van der Waals surface area contributed by atoms with E-state index in [1.165, 1.54) is 0 Å². The van der Waals surface area contributed by atoms with Crippen molar-refractivity contribution >= 4 is 31.4 Å². The second-order valence-electron chi connectivity index (χ2n) is 2.91. The molecule has 5 heteroatoms. The zero-order valence-corrected chi connectivity index (χ0v) is 9.31. The number of terminal acetylenes is 1. The van der Waals surface area contributed by atoms with E-state index >= 15 is 0 Å². The zero-order chi connectivity index (χ0) is 10.9. The molecule has 0 saturated heterocycles. The first-order chi connectivity index (χ1) is 7.13. The molecule has 3 nitrogen and oxygen atoms in total. The van der Waals surface area contributed by atoms with E-state index in [-0.39, 0.29) is 10.1 Å². The predicted octanol–water partition coefficient (Wildman–Crippen LogP) is 1.70. The first kappa shape index (κ1) is 10.1. The number of fused-ring (bicyclic) bond motifs is 1. The Morgan fingerprint density at radius 3 is 2.80 bits per heavy atom. The summed E-state index contributed by atoms with van der Waals surface area (Å²) in [6.07, 6.45) is 4.99. The smallest absolute Gasteiger partial charge is 0.216 e. The topological polar surface area (TPSA) is 47.0 Å². The van der Waals surface area contributed by atoms with Crippen molar-refractivity contribution in [3.8, 4) is 12.3 Å². The molecule has 0 N–H and O–H groups in total. The Bertz CT molecular complexity index is 602. The van der Waals surface area contributed by atoms with Crippen LogP contribution in [0.4, 0.5) is 0 Å². The fourth-order valence-electron chi connectivity index (χ4n) is 1.16. The van der Waals surface area contributed by atoms with E-state index in [0.717, 1.165) is 16.0 Å². The summed E-state index contributed by atoms with van der Waals surface area (Å²) in [7, 11) is -3.40. The van der Waals surface area contributed by atoms with Gasteiger partial charge in [0.15, 0.2) is 0 Å². The lowest BCUT2D eigenvalue weighted by Gasteiger charge is -1.91. The minimum atomic E-state index is -3.40. The standard InChI is InChI=1S/C10H7NO2S2/c1-2-7-15(12,13)10-11-8-5-3-4-6-9(8)14-10/h1,3-6H,7H2. The summed E-state index contributed by atoms with van der Waals surface area (Å²) in [6, 6.07) is 7.28. The molecule has 15 heavy (non-hydrogen) atoms. The molecule has 0 unspecified atom stereocenters. The molecule has 0 spiro atoms. The van der Waals surface area contributed by atoms with Crippen molar-refractivity contribution in [2.45, 2.75) is 4.34 Å². The Kier molecular flexibility index (Phi) is 2.47. The molecular formula is C10H7NO2S2. The van der Waals surface area contributed by atoms with E-state index in [0.29, 0.717) is 5.52 Å². The lowest BCUT2D eigenvalue weighted by molar-refractivity contribution is 0.599. The lowest BCUT2D eigenvalue weighted by atomic mass is 10.3. The van der Waals surface area contributed by atoms with Crippen LogP contribution in [0.15, 0.2) is 28.6 Å². The maximum atomic E-state index is 11.6. The van der Waals surface area contributed by atoms with Gasteiger partial charge in [0, 0.05) is 0 Å².